The maximum absolute atomic E-state index is 5.91. The molecule has 0 aliphatic rings. The maximum Gasteiger partial charge on any atom is 0.0406 e. The number of benzene rings is 1. The highest BCUT2D eigenvalue weighted by molar-refractivity contribution is 6.30. The van der Waals surface area contributed by atoms with Crippen LogP contribution in [0.25, 0.3) is 0 Å². The van der Waals surface area contributed by atoms with Gasteiger partial charge in [0.05, 0.1) is 0 Å². The predicted molar refractivity (Wildman–Crippen MR) is 83.9 cm³/mol. The summed E-state index contributed by atoms with van der Waals surface area (Å²) in [6.07, 6.45) is 0. The third-order valence-corrected chi connectivity index (χ3v) is 3.64. The Morgan fingerprint density at radius 1 is 1.05 bits per heavy atom. The highest BCUT2D eigenvalue weighted by atomic mass is 35.5. The molecular formula is C15H26ClN3. The largest absolute Gasteiger partial charge is 0.314 e. The van der Waals surface area contributed by atoms with E-state index in [1.54, 1.807) is 0 Å². The van der Waals surface area contributed by atoms with Crippen LogP contribution in [0.5, 0.6) is 0 Å². The second-order valence-electron chi connectivity index (χ2n) is 5.26. The molecule has 3 nitrogen and oxygen atoms in total. The van der Waals surface area contributed by atoms with E-state index in [0.29, 0.717) is 6.04 Å². The summed E-state index contributed by atoms with van der Waals surface area (Å²) in [4.78, 5) is 4.54. The van der Waals surface area contributed by atoms with Gasteiger partial charge in [0.2, 0.25) is 0 Å². The van der Waals surface area contributed by atoms with Gasteiger partial charge >= 0.3 is 0 Å². The molecule has 4 heteroatoms. The van der Waals surface area contributed by atoms with E-state index in [-0.39, 0.29) is 0 Å². The first kappa shape index (κ1) is 16.4. The van der Waals surface area contributed by atoms with E-state index in [1.807, 2.05) is 12.1 Å². The molecule has 1 N–H and O–H groups in total. The third kappa shape index (κ3) is 6.39. The maximum atomic E-state index is 5.91. The number of halogens is 1. The van der Waals surface area contributed by atoms with Crippen LogP contribution < -0.4 is 5.32 Å². The minimum absolute atomic E-state index is 0.410. The van der Waals surface area contributed by atoms with Gasteiger partial charge in [-0.15, -0.1) is 0 Å². The Bertz CT molecular complexity index is 351. The number of hydrogen-bond acceptors (Lipinski definition) is 3. The van der Waals surface area contributed by atoms with E-state index in [0.717, 1.165) is 31.2 Å². The fourth-order valence-corrected chi connectivity index (χ4v) is 2.00. The average molecular weight is 284 g/mol. The van der Waals surface area contributed by atoms with Gasteiger partial charge in [0.1, 0.15) is 0 Å². The first-order chi connectivity index (χ1) is 9.00. The Hall–Kier alpha value is -0.610. The van der Waals surface area contributed by atoms with Crippen LogP contribution in [0, 0.1) is 0 Å². The summed E-state index contributed by atoms with van der Waals surface area (Å²) in [5.41, 5.74) is 1.31. The van der Waals surface area contributed by atoms with Crippen LogP contribution in [0.15, 0.2) is 24.3 Å². The SMILES string of the molecule is CC(c1ccc(Cl)cc1)N(C)CCNCCN(C)C. The lowest BCUT2D eigenvalue weighted by Gasteiger charge is -2.25. The molecule has 0 saturated carbocycles. The molecular weight excluding hydrogens is 258 g/mol. The van der Waals surface area contributed by atoms with E-state index in [4.69, 9.17) is 11.6 Å². The quantitative estimate of drug-likeness (QED) is 0.740. The molecule has 1 atom stereocenters. The predicted octanol–water partition coefficient (Wildman–Crippen LogP) is 2.48. The van der Waals surface area contributed by atoms with Crippen molar-refractivity contribution < 1.29 is 0 Å². The van der Waals surface area contributed by atoms with Crippen LogP contribution in [0.4, 0.5) is 0 Å². The second kappa shape index (κ2) is 8.54. The number of hydrogen-bond donors (Lipinski definition) is 1. The molecule has 1 aromatic rings. The zero-order valence-corrected chi connectivity index (χ0v) is 13.2. The first-order valence-corrected chi connectivity index (χ1v) is 7.19. The molecule has 0 aliphatic heterocycles. The van der Waals surface area contributed by atoms with Crippen molar-refractivity contribution in [2.45, 2.75) is 13.0 Å². The molecule has 0 aliphatic carbocycles. The van der Waals surface area contributed by atoms with Crippen molar-refractivity contribution >= 4 is 11.6 Å². The number of likely N-dealkylation sites (N-methyl/N-ethyl adjacent to an activating group) is 2. The molecule has 108 valence electrons. The Balaban J connectivity index is 2.28. The van der Waals surface area contributed by atoms with Gasteiger partial charge in [-0.3, -0.25) is 4.90 Å². The van der Waals surface area contributed by atoms with E-state index in [1.165, 1.54) is 5.56 Å². The molecule has 0 heterocycles. The fourth-order valence-electron chi connectivity index (χ4n) is 1.87. The van der Waals surface area contributed by atoms with Gasteiger partial charge in [-0.1, -0.05) is 23.7 Å². The Morgan fingerprint density at radius 3 is 2.21 bits per heavy atom. The summed E-state index contributed by atoms with van der Waals surface area (Å²) < 4.78 is 0. The summed E-state index contributed by atoms with van der Waals surface area (Å²) in [5.74, 6) is 0. The topological polar surface area (TPSA) is 18.5 Å². The number of nitrogens with zero attached hydrogens (tertiary/aromatic N) is 2. The Morgan fingerprint density at radius 2 is 1.63 bits per heavy atom. The standard InChI is InChI=1S/C15H26ClN3/c1-13(14-5-7-15(16)8-6-14)19(4)12-10-17-9-11-18(2)3/h5-8,13,17H,9-12H2,1-4H3. The number of rotatable bonds is 8. The molecule has 1 aromatic carbocycles. The van der Waals surface area contributed by atoms with Crippen molar-refractivity contribution in [3.63, 3.8) is 0 Å². The van der Waals surface area contributed by atoms with Crippen LogP contribution in [0.1, 0.15) is 18.5 Å². The minimum Gasteiger partial charge on any atom is -0.314 e. The molecule has 0 fully saturated rings. The lowest BCUT2D eigenvalue weighted by molar-refractivity contribution is 0.259. The van der Waals surface area contributed by atoms with Gasteiger partial charge in [0.25, 0.3) is 0 Å². The molecule has 0 spiro atoms. The third-order valence-electron chi connectivity index (χ3n) is 3.39. The van der Waals surface area contributed by atoms with Crippen LogP contribution in [0.2, 0.25) is 5.02 Å². The molecule has 0 amide bonds. The molecule has 0 saturated heterocycles. The van der Waals surface area contributed by atoms with Gasteiger partial charge in [-0.05, 0) is 45.8 Å². The molecule has 1 rings (SSSR count). The van der Waals surface area contributed by atoms with E-state index >= 15 is 0 Å². The van der Waals surface area contributed by atoms with Crippen molar-refractivity contribution in [1.82, 2.24) is 15.1 Å². The van der Waals surface area contributed by atoms with Crippen molar-refractivity contribution in [3.05, 3.63) is 34.9 Å². The average Bonchev–Trinajstić information content (AvgIpc) is 2.37. The van der Waals surface area contributed by atoms with Crippen molar-refractivity contribution in [2.75, 3.05) is 47.3 Å². The van der Waals surface area contributed by atoms with Crippen LogP contribution in [-0.2, 0) is 0 Å². The highest BCUT2D eigenvalue weighted by Gasteiger charge is 2.10. The summed E-state index contributed by atoms with van der Waals surface area (Å²) in [6, 6.07) is 8.52. The lowest BCUT2D eigenvalue weighted by Crippen LogP contribution is -2.34. The zero-order valence-electron chi connectivity index (χ0n) is 12.5. The number of nitrogens with one attached hydrogen (secondary N) is 1. The molecule has 0 bridgehead atoms. The van der Waals surface area contributed by atoms with E-state index in [9.17, 15) is 0 Å². The van der Waals surface area contributed by atoms with E-state index < -0.39 is 0 Å². The van der Waals surface area contributed by atoms with E-state index in [2.05, 4.69) is 55.3 Å². The fraction of sp³-hybridized carbons (Fsp3) is 0.600. The lowest BCUT2D eigenvalue weighted by atomic mass is 10.1. The summed E-state index contributed by atoms with van der Waals surface area (Å²) in [7, 11) is 6.35. The minimum atomic E-state index is 0.410. The van der Waals surface area contributed by atoms with Crippen LogP contribution in [0.3, 0.4) is 0 Å². The molecule has 0 radical (unpaired) electrons. The monoisotopic (exact) mass is 283 g/mol. The van der Waals surface area contributed by atoms with Gasteiger partial charge in [0.15, 0.2) is 0 Å². The summed E-state index contributed by atoms with van der Waals surface area (Å²) in [6.45, 7) is 6.40. The van der Waals surface area contributed by atoms with Crippen molar-refractivity contribution in [1.29, 1.82) is 0 Å². The van der Waals surface area contributed by atoms with Gasteiger partial charge in [-0.25, -0.2) is 0 Å². The molecule has 1 unspecified atom stereocenters. The van der Waals surface area contributed by atoms with Gasteiger partial charge in [-0.2, -0.15) is 0 Å². The first-order valence-electron chi connectivity index (χ1n) is 6.82. The Kier molecular flexibility index (Phi) is 7.39. The van der Waals surface area contributed by atoms with Gasteiger partial charge in [0, 0.05) is 37.2 Å². The summed E-state index contributed by atoms with van der Waals surface area (Å²) in [5, 5.41) is 4.25. The normalized spacial score (nSPS) is 13.2. The smallest absolute Gasteiger partial charge is 0.0406 e. The van der Waals surface area contributed by atoms with Crippen LogP contribution >= 0.6 is 11.6 Å². The zero-order chi connectivity index (χ0) is 14.3. The van der Waals surface area contributed by atoms with Crippen molar-refractivity contribution in [2.24, 2.45) is 0 Å². The van der Waals surface area contributed by atoms with Gasteiger partial charge < -0.3 is 10.2 Å². The molecule has 19 heavy (non-hydrogen) atoms. The highest BCUT2D eigenvalue weighted by Crippen LogP contribution is 2.20. The molecule has 0 aromatic heterocycles. The van der Waals surface area contributed by atoms with Crippen LogP contribution in [-0.4, -0.2) is 57.1 Å². The van der Waals surface area contributed by atoms with Crippen molar-refractivity contribution in [3.8, 4) is 0 Å². The Labute approximate surface area is 122 Å². The summed E-state index contributed by atoms with van der Waals surface area (Å²) >= 11 is 5.91. The second-order valence-corrected chi connectivity index (χ2v) is 5.70.